The average molecular weight is 438 g/mol. The van der Waals surface area contributed by atoms with Crippen molar-refractivity contribution in [2.45, 2.75) is 6.61 Å². The lowest BCUT2D eigenvalue weighted by atomic mass is 10.1. The smallest absolute Gasteiger partial charge is 0.318 e. The fourth-order valence-electron chi connectivity index (χ4n) is 2.88. The number of hydrogen-bond donors (Lipinski definition) is 0. The molecule has 11 nitrogen and oxygen atoms in total. The number of nitrogens with zero attached hydrogens (tertiary/aromatic N) is 4. The highest BCUT2D eigenvalue weighted by Gasteiger charge is 2.23. The number of rotatable bonds is 9. The predicted octanol–water partition coefficient (Wildman–Crippen LogP) is 3.72. The molecule has 3 rings (SSSR count). The SMILES string of the molecule is COc1ccc(/C=C/C(=O)c2nn(C)cc2[N+](=O)[O-])cc1COc1ccc([N+](=O)[O-])cc1. The zero-order valence-electron chi connectivity index (χ0n) is 17.1. The quantitative estimate of drug-likeness (QED) is 0.213. The van der Waals surface area contributed by atoms with Gasteiger partial charge in [0.25, 0.3) is 5.69 Å². The third-order valence-corrected chi connectivity index (χ3v) is 4.41. The van der Waals surface area contributed by atoms with Gasteiger partial charge in [-0.3, -0.25) is 29.7 Å². The molecule has 0 saturated carbocycles. The van der Waals surface area contributed by atoms with Gasteiger partial charge in [-0.1, -0.05) is 12.1 Å². The van der Waals surface area contributed by atoms with Crippen molar-refractivity contribution < 1.29 is 24.1 Å². The molecule has 0 N–H and O–H groups in total. The van der Waals surface area contributed by atoms with Gasteiger partial charge >= 0.3 is 5.69 Å². The lowest BCUT2D eigenvalue weighted by Gasteiger charge is -2.11. The van der Waals surface area contributed by atoms with Crippen LogP contribution in [-0.2, 0) is 13.7 Å². The first-order valence-corrected chi connectivity index (χ1v) is 9.23. The predicted molar refractivity (Wildman–Crippen MR) is 114 cm³/mol. The van der Waals surface area contributed by atoms with E-state index in [1.807, 2.05) is 0 Å². The van der Waals surface area contributed by atoms with Crippen LogP contribution in [0, 0.1) is 20.2 Å². The molecule has 0 radical (unpaired) electrons. The number of benzene rings is 2. The number of hydrogen-bond acceptors (Lipinski definition) is 8. The summed E-state index contributed by atoms with van der Waals surface area (Å²) in [4.78, 5) is 33.1. The maximum absolute atomic E-state index is 12.4. The molecule has 11 heteroatoms. The molecule has 32 heavy (non-hydrogen) atoms. The number of non-ortho nitro benzene ring substituents is 1. The van der Waals surface area contributed by atoms with Crippen molar-refractivity contribution in [1.82, 2.24) is 9.78 Å². The zero-order valence-corrected chi connectivity index (χ0v) is 17.1. The van der Waals surface area contributed by atoms with Gasteiger partial charge in [0.1, 0.15) is 24.3 Å². The molecule has 0 fully saturated rings. The van der Waals surface area contributed by atoms with Crippen LogP contribution in [0.2, 0.25) is 0 Å². The van der Waals surface area contributed by atoms with Gasteiger partial charge in [0, 0.05) is 24.7 Å². The van der Waals surface area contributed by atoms with E-state index in [1.165, 1.54) is 61.5 Å². The van der Waals surface area contributed by atoms with E-state index in [2.05, 4.69) is 5.10 Å². The highest BCUT2D eigenvalue weighted by Crippen LogP contribution is 2.24. The van der Waals surface area contributed by atoms with Crippen molar-refractivity contribution in [3.63, 3.8) is 0 Å². The van der Waals surface area contributed by atoms with Gasteiger partial charge in [-0.25, -0.2) is 0 Å². The molecular formula is C21H18N4O7. The molecule has 0 bridgehead atoms. The van der Waals surface area contributed by atoms with Crippen LogP contribution in [0.4, 0.5) is 11.4 Å². The van der Waals surface area contributed by atoms with E-state index in [4.69, 9.17) is 9.47 Å². The monoisotopic (exact) mass is 438 g/mol. The molecular weight excluding hydrogens is 420 g/mol. The van der Waals surface area contributed by atoms with Gasteiger partial charge in [-0.2, -0.15) is 5.10 Å². The second-order valence-corrected chi connectivity index (χ2v) is 6.60. The Morgan fingerprint density at radius 3 is 2.47 bits per heavy atom. The number of ketones is 1. The van der Waals surface area contributed by atoms with E-state index in [-0.39, 0.29) is 23.7 Å². The maximum atomic E-state index is 12.4. The molecule has 2 aromatic carbocycles. The first-order valence-electron chi connectivity index (χ1n) is 9.23. The van der Waals surface area contributed by atoms with Crippen LogP contribution in [0.1, 0.15) is 21.6 Å². The van der Waals surface area contributed by atoms with E-state index in [0.29, 0.717) is 22.6 Å². The standard InChI is InChI=1S/C21H18N4O7/c1-23-12-18(25(29)30)21(22-23)19(26)9-3-14-4-10-20(31-2)15(11-14)13-32-17-7-5-16(6-8-17)24(27)28/h3-12H,13H2,1-2H3/b9-3+. The number of allylic oxidation sites excluding steroid dienone is 1. The Morgan fingerprint density at radius 1 is 1.12 bits per heavy atom. The molecule has 0 aliphatic rings. The highest BCUT2D eigenvalue weighted by atomic mass is 16.6. The van der Waals surface area contributed by atoms with Gasteiger partial charge in [-0.05, 0) is 35.9 Å². The molecule has 1 aromatic heterocycles. The molecule has 164 valence electrons. The van der Waals surface area contributed by atoms with Crippen LogP contribution < -0.4 is 9.47 Å². The van der Waals surface area contributed by atoms with Crippen LogP contribution in [0.5, 0.6) is 11.5 Å². The number of nitro benzene ring substituents is 1. The summed E-state index contributed by atoms with van der Waals surface area (Å²) in [5.41, 5.74) is 0.655. The van der Waals surface area contributed by atoms with Crippen LogP contribution in [0.25, 0.3) is 6.08 Å². The van der Waals surface area contributed by atoms with Gasteiger partial charge in [-0.15, -0.1) is 0 Å². The maximum Gasteiger partial charge on any atom is 0.318 e. The molecule has 0 aliphatic heterocycles. The van der Waals surface area contributed by atoms with Crippen LogP contribution in [0.3, 0.4) is 0 Å². The average Bonchev–Trinajstić information content (AvgIpc) is 3.18. The fourth-order valence-corrected chi connectivity index (χ4v) is 2.88. The largest absolute Gasteiger partial charge is 0.496 e. The zero-order chi connectivity index (χ0) is 23.3. The highest BCUT2D eigenvalue weighted by molar-refractivity contribution is 6.07. The van der Waals surface area contributed by atoms with Crippen LogP contribution in [0.15, 0.2) is 54.7 Å². The van der Waals surface area contributed by atoms with Crippen molar-refractivity contribution in [2.75, 3.05) is 7.11 Å². The third-order valence-electron chi connectivity index (χ3n) is 4.41. The minimum atomic E-state index is -0.658. The van der Waals surface area contributed by atoms with Gasteiger partial charge in [0.2, 0.25) is 11.5 Å². The topological polar surface area (TPSA) is 140 Å². The molecule has 0 amide bonds. The summed E-state index contributed by atoms with van der Waals surface area (Å²) in [6.07, 6.45) is 3.88. The summed E-state index contributed by atoms with van der Waals surface area (Å²) in [5, 5.41) is 25.7. The number of carbonyl (C=O) groups is 1. The van der Waals surface area contributed by atoms with E-state index in [9.17, 15) is 25.0 Å². The molecule has 1 heterocycles. The van der Waals surface area contributed by atoms with Gasteiger partial charge in [0.05, 0.1) is 17.0 Å². The van der Waals surface area contributed by atoms with Crippen molar-refractivity contribution in [2.24, 2.45) is 7.05 Å². The minimum absolute atomic E-state index is 0.0418. The van der Waals surface area contributed by atoms with E-state index < -0.39 is 15.6 Å². The number of ether oxygens (including phenoxy) is 2. The third kappa shape index (κ3) is 5.14. The van der Waals surface area contributed by atoms with Crippen molar-refractivity contribution in [1.29, 1.82) is 0 Å². The molecule has 0 unspecified atom stereocenters. The Balaban J connectivity index is 1.76. The number of aromatic nitrogens is 2. The molecule has 0 saturated heterocycles. The Hall–Kier alpha value is -4.54. The van der Waals surface area contributed by atoms with Crippen LogP contribution in [-0.4, -0.2) is 32.5 Å². The summed E-state index contributed by atoms with van der Waals surface area (Å²) in [6.45, 7) is 0.113. The molecule has 3 aromatic rings. The summed E-state index contributed by atoms with van der Waals surface area (Å²) >= 11 is 0. The second-order valence-electron chi connectivity index (χ2n) is 6.60. The normalized spacial score (nSPS) is 10.8. The summed E-state index contributed by atoms with van der Waals surface area (Å²) in [5.74, 6) is 0.392. The lowest BCUT2D eigenvalue weighted by molar-refractivity contribution is -0.385. The first-order chi connectivity index (χ1) is 15.3. The molecule has 0 aliphatic carbocycles. The summed E-state index contributed by atoms with van der Waals surface area (Å²) in [6, 6.07) is 10.8. The van der Waals surface area contributed by atoms with Gasteiger partial charge in [0.15, 0.2) is 0 Å². The van der Waals surface area contributed by atoms with Crippen molar-refractivity contribution >= 4 is 23.2 Å². The molecule has 0 spiro atoms. The lowest BCUT2D eigenvalue weighted by Crippen LogP contribution is -2.01. The first kappa shape index (κ1) is 22.2. The van der Waals surface area contributed by atoms with E-state index in [0.717, 1.165) is 0 Å². The minimum Gasteiger partial charge on any atom is -0.496 e. The number of nitro groups is 2. The summed E-state index contributed by atoms with van der Waals surface area (Å²) < 4.78 is 12.2. The second kappa shape index (κ2) is 9.51. The number of aryl methyl sites for hydroxylation is 1. The Morgan fingerprint density at radius 2 is 1.84 bits per heavy atom. The van der Waals surface area contributed by atoms with E-state index >= 15 is 0 Å². The Labute approximate surface area is 181 Å². The molecule has 0 atom stereocenters. The number of methoxy groups -OCH3 is 1. The Bertz CT molecular complexity index is 1200. The van der Waals surface area contributed by atoms with E-state index in [1.54, 1.807) is 18.2 Å². The fraction of sp³-hybridized carbons (Fsp3) is 0.143. The van der Waals surface area contributed by atoms with Gasteiger partial charge < -0.3 is 9.47 Å². The van der Waals surface area contributed by atoms with Crippen molar-refractivity contribution in [3.8, 4) is 11.5 Å². The Kier molecular flexibility index (Phi) is 6.59. The van der Waals surface area contributed by atoms with Crippen molar-refractivity contribution in [3.05, 3.63) is 91.8 Å². The summed E-state index contributed by atoms with van der Waals surface area (Å²) in [7, 11) is 3.00. The number of carbonyl (C=O) groups excluding carboxylic acids is 1. The van der Waals surface area contributed by atoms with Crippen LogP contribution >= 0.6 is 0 Å².